The Morgan fingerprint density at radius 2 is 1.83 bits per heavy atom. The fourth-order valence-electron chi connectivity index (χ4n) is 7.05. The molecule has 0 radical (unpaired) electrons. The van der Waals surface area contributed by atoms with E-state index in [0.29, 0.717) is 23.9 Å². The predicted molar refractivity (Wildman–Crippen MR) is 169 cm³/mol. The van der Waals surface area contributed by atoms with E-state index < -0.39 is 64.3 Å². The fraction of sp³-hybridized carbons (Fsp3) is 0.364. The first-order valence-corrected chi connectivity index (χ1v) is 15.7. The summed E-state index contributed by atoms with van der Waals surface area (Å²) in [7, 11) is 7.10. The average molecular weight is 647 g/mol. The van der Waals surface area contributed by atoms with E-state index >= 15 is 0 Å². The van der Waals surface area contributed by atoms with Gasteiger partial charge in [0.2, 0.25) is 0 Å². The maximum atomic E-state index is 14.3. The van der Waals surface area contributed by atoms with Crippen LogP contribution in [0.4, 0.5) is 5.69 Å². The van der Waals surface area contributed by atoms with E-state index in [4.69, 9.17) is 14.9 Å². The zero-order valence-corrected chi connectivity index (χ0v) is 26.6. The summed E-state index contributed by atoms with van der Waals surface area (Å²) in [6, 6.07) is 10.4. The summed E-state index contributed by atoms with van der Waals surface area (Å²) in [6.45, 7) is 0.137. The zero-order chi connectivity index (χ0) is 33.0. The van der Waals surface area contributed by atoms with Crippen molar-refractivity contribution in [1.82, 2.24) is 9.88 Å². The number of nitrogens with zero attached hydrogens (tertiary/aromatic N) is 3. The standard InChI is InChI=1S/C33H34N4O8S/c1-36(2)20-12-19-31(45-33(35-19)46-14-21(38)44-13-15-8-6-5-7-9-15)24-17(20)10-16-11-18-23(27(39)22(16)28(24)40)29(41)25(32(34)43)30(42)26(18)37(3)4/h5-9,12,16,18,23,26,39,42H,10-11,13-14H2,1-4H3,(H2,34,43)/t16?,18-,23?,26+/m1/s1. The number of hydrogen-bond donors (Lipinski definition) is 3. The number of carbonyl (C=O) groups excluding carboxylic acids is 4. The largest absolute Gasteiger partial charge is 0.511 e. The van der Waals surface area contributed by atoms with Crippen molar-refractivity contribution in [3.8, 4) is 0 Å². The summed E-state index contributed by atoms with van der Waals surface area (Å²) in [6.07, 6.45) is 0.650. The predicted octanol–water partition coefficient (Wildman–Crippen LogP) is 3.34. The number of primary amides is 1. The molecule has 0 bridgehead atoms. The molecule has 1 heterocycles. The maximum Gasteiger partial charge on any atom is 0.316 e. The zero-order valence-electron chi connectivity index (χ0n) is 25.8. The molecule has 1 aromatic heterocycles. The van der Waals surface area contributed by atoms with Crippen molar-refractivity contribution >= 4 is 52.0 Å². The number of aromatic nitrogens is 1. The first kappa shape index (κ1) is 31.4. The third-order valence-electron chi connectivity index (χ3n) is 8.94. The van der Waals surface area contributed by atoms with Gasteiger partial charge in [0.25, 0.3) is 11.1 Å². The van der Waals surface area contributed by atoms with Crippen LogP contribution in [0.1, 0.15) is 27.9 Å². The summed E-state index contributed by atoms with van der Waals surface area (Å²) < 4.78 is 11.4. The number of Topliss-reactive ketones (excluding diaryl/α,β-unsaturated/α-hetero) is 2. The smallest absolute Gasteiger partial charge is 0.316 e. The number of benzene rings is 2. The van der Waals surface area contributed by atoms with Crippen molar-refractivity contribution in [3.63, 3.8) is 0 Å². The van der Waals surface area contributed by atoms with Crippen LogP contribution >= 0.6 is 11.8 Å². The van der Waals surface area contributed by atoms with E-state index in [-0.39, 0.29) is 34.3 Å². The van der Waals surface area contributed by atoms with E-state index in [1.165, 1.54) is 0 Å². The van der Waals surface area contributed by atoms with E-state index in [1.807, 2.05) is 55.4 Å². The van der Waals surface area contributed by atoms with E-state index in [2.05, 4.69) is 4.98 Å². The molecule has 0 saturated heterocycles. The Morgan fingerprint density at radius 3 is 2.48 bits per heavy atom. The van der Waals surface area contributed by atoms with Crippen molar-refractivity contribution in [1.29, 1.82) is 0 Å². The lowest BCUT2D eigenvalue weighted by molar-refractivity contribution is -0.141. The van der Waals surface area contributed by atoms with Crippen LogP contribution in [0.2, 0.25) is 0 Å². The molecule has 2 aromatic carbocycles. The van der Waals surface area contributed by atoms with Crippen LogP contribution in [0.15, 0.2) is 68.7 Å². The highest BCUT2D eigenvalue weighted by atomic mass is 32.2. The lowest BCUT2D eigenvalue weighted by Crippen LogP contribution is -2.53. The van der Waals surface area contributed by atoms with Gasteiger partial charge in [-0.1, -0.05) is 42.1 Å². The highest BCUT2D eigenvalue weighted by molar-refractivity contribution is 7.99. The van der Waals surface area contributed by atoms with Crippen molar-refractivity contribution in [2.45, 2.75) is 30.7 Å². The number of esters is 1. The first-order chi connectivity index (χ1) is 21.9. The molecule has 46 heavy (non-hydrogen) atoms. The molecule has 4 N–H and O–H groups in total. The summed E-state index contributed by atoms with van der Waals surface area (Å²) in [5, 5.41) is 22.8. The second kappa shape index (κ2) is 12.0. The number of carbonyl (C=O) groups is 4. The molecule has 4 atom stereocenters. The lowest BCUT2D eigenvalue weighted by Gasteiger charge is -2.46. The van der Waals surface area contributed by atoms with Crippen LogP contribution in [-0.2, 0) is 32.1 Å². The molecule has 13 heteroatoms. The summed E-state index contributed by atoms with van der Waals surface area (Å²) in [5.74, 6) is -6.06. The molecule has 0 saturated carbocycles. The first-order valence-electron chi connectivity index (χ1n) is 14.8. The Labute approximate surface area is 268 Å². The van der Waals surface area contributed by atoms with Crippen LogP contribution in [-0.4, -0.2) is 83.5 Å². The third-order valence-corrected chi connectivity index (χ3v) is 9.74. The Balaban J connectivity index is 1.36. The van der Waals surface area contributed by atoms with Gasteiger partial charge in [-0.15, -0.1) is 0 Å². The van der Waals surface area contributed by atoms with Crippen molar-refractivity contribution in [3.05, 3.63) is 75.8 Å². The van der Waals surface area contributed by atoms with Crippen LogP contribution in [0.3, 0.4) is 0 Å². The topological polar surface area (TPSA) is 176 Å². The molecule has 240 valence electrons. The van der Waals surface area contributed by atoms with Crippen LogP contribution in [0.25, 0.3) is 11.1 Å². The molecule has 0 fully saturated rings. The number of likely N-dealkylation sites (N-methyl/N-ethyl adjacent to an activating group) is 1. The molecule has 12 nitrogen and oxygen atoms in total. The van der Waals surface area contributed by atoms with Crippen molar-refractivity contribution < 1.29 is 38.5 Å². The summed E-state index contributed by atoms with van der Waals surface area (Å²) in [5.41, 5.74) is 8.14. The minimum atomic E-state index is -1.22. The van der Waals surface area contributed by atoms with Gasteiger partial charge in [0, 0.05) is 25.4 Å². The van der Waals surface area contributed by atoms with Crippen molar-refractivity contribution in [2.24, 2.45) is 23.5 Å². The number of ether oxygens (including phenoxy) is 1. The number of nitrogens with two attached hydrogens (primary N) is 1. The van der Waals surface area contributed by atoms with Crippen LogP contribution in [0, 0.1) is 17.8 Å². The number of rotatable bonds is 8. The molecule has 6 rings (SSSR count). The SMILES string of the molecule is CN(C)c1cc2nc(SCC(=O)OCc3ccccc3)oc2c2c1CC1C[C@@H]3C(C(=O)C(C(N)=O)=C(O)[C@H]3N(C)C)C(O)=C1C2=O. The minimum absolute atomic E-state index is 0.0644. The molecule has 3 aliphatic rings. The number of amides is 1. The molecule has 2 unspecified atom stereocenters. The highest BCUT2D eigenvalue weighted by Gasteiger charge is 2.54. The Kier molecular flexibility index (Phi) is 8.15. The molecule has 3 aromatic rings. The van der Waals surface area contributed by atoms with E-state index in [9.17, 15) is 29.4 Å². The number of fused-ring (bicyclic) bond motifs is 5. The third kappa shape index (κ3) is 5.22. The number of oxazole rings is 1. The maximum absolute atomic E-state index is 14.3. The van der Waals surface area contributed by atoms with Crippen molar-refractivity contribution in [2.75, 3.05) is 38.8 Å². The Hall–Kier alpha value is -4.62. The number of aliphatic hydroxyl groups is 2. The van der Waals surface area contributed by atoms with Gasteiger partial charge in [0.05, 0.1) is 17.5 Å². The van der Waals surface area contributed by atoms with Gasteiger partial charge in [-0.05, 0) is 56.0 Å². The van der Waals surface area contributed by atoms with Gasteiger partial charge >= 0.3 is 5.97 Å². The normalized spacial score (nSPS) is 22.5. The number of anilines is 1. The highest BCUT2D eigenvalue weighted by Crippen LogP contribution is 2.51. The molecular formula is C33H34N4O8S. The minimum Gasteiger partial charge on any atom is -0.511 e. The number of ketones is 2. The van der Waals surface area contributed by atoms with Gasteiger partial charge in [0.15, 0.2) is 17.1 Å². The molecular weight excluding hydrogens is 612 g/mol. The quantitative estimate of drug-likeness (QED) is 0.185. The van der Waals surface area contributed by atoms with Gasteiger partial charge in [0.1, 0.15) is 35.0 Å². The fourth-order valence-corrected chi connectivity index (χ4v) is 7.68. The molecule has 1 amide bonds. The van der Waals surface area contributed by atoms with E-state index in [1.54, 1.807) is 19.0 Å². The van der Waals surface area contributed by atoms with Crippen LogP contribution < -0.4 is 10.6 Å². The number of allylic oxidation sites excluding steroid dienone is 2. The summed E-state index contributed by atoms with van der Waals surface area (Å²) in [4.78, 5) is 60.6. The molecule has 0 aliphatic heterocycles. The lowest BCUT2D eigenvalue weighted by atomic mass is 9.61. The van der Waals surface area contributed by atoms with Gasteiger partial charge in [-0.2, -0.15) is 0 Å². The number of aliphatic hydroxyl groups excluding tert-OH is 2. The second-order valence-electron chi connectivity index (χ2n) is 12.2. The molecule has 3 aliphatic carbocycles. The van der Waals surface area contributed by atoms with Crippen LogP contribution in [0.5, 0.6) is 0 Å². The average Bonchev–Trinajstić information content (AvgIpc) is 3.41. The second-order valence-corrected chi connectivity index (χ2v) is 13.1. The molecule has 0 spiro atoms. The van der Waals surface area contributed by atoms with Gasteiger partial charge in [-0.25, -0.2) is 4.98 Å². The van der Waals surface area contributed by atoms with Gasteiger partial charge in [-0.3, -0.25) is 24.1 Å². The number of thioether (sulfide) groups is 1. The number of hydrogen-bond acceptors (Lipinski definition) is 12. The Bertz CT molecular complexity index is 1840. The summed E-state index contributed by atoms with van der Waals surface area (Å²) >= 11 is 1.04. The monoisotopic (exact) mass is 646 g/mol. The Morgan fingerprint density at radius 1 is 1.11 bits per heavy atom. The van der Waals surface area contributed by atoms with E-state index in [0.717, 1.165) is 23.0 Å². The van der Waals surface area contributed by atoms with Gasteiger partial charge < -0.3 is 30.0 Å².